The largest absolute Gasteiger partial charge is 0.493 e. The molecule has 2 aromatic rings. The molecule has 1 unspecified atom stereocenters. The lowest BCUT2D eigenvalue weighted by molar-refractivity contribution is 0.416. The van der Waals surface area contributed by atoms with Crippen LogP contribution in [0, 0.1) is 0 Å². The van der Waals surface area contributed by atoms with Gasteiger partial charge in [0.1, 0.15) is 0 Å². The lowest BCUT2D eigenvalue weighted by Crippen LogP contribution is -2.30. The first-order chi connectivity index (χ1) is 9.60. The second kappa shape index (κ2) is 5.05. The zero-order valence-corrected chi connectivity index (χ0v) is 12.1. The van der Waals surface area contributed by atoms with E-state index in [9.17, 15) is 8.42 Å². The normalized spacial score (nSPS) is 21.9. The fourth-order valence-electron chi connectivity index (χ4n) is 2.63. The van der Waals surface area contributed by atoms with Gasteiger partial charge in [-0.3, -0.25) is 0 Å². The predicted molar refractivity (Wildman–Crippen MR) is 74.7 cm³/mol. The number of nitrogens with zero attached hydrogens (tertiary/aromatic N) is 3. The van der Waals surface area contributed by atoms with Crippen LogP contribution in [-0.4, -0.2) is 41.1 Å². The van der Waals surface area contributed by atoms with Crippen molar-refractivity contribution in [2.75, 3.05) is 12.9 Å². The van der Waals surface area contributed by atoms with Crippen LogP contribution in [0.1, 0.15) is 25.1 Å². The standard InChI is InChI=1S/C13H17N3O3S/c1-19-11-6-4-7-16-13(11)14-12(15-16)9-10-5-2-3-8-20(10,17)18/h4,6-7,10H,2-3,5,8-9H2,1H3. The van der Waals surface area contributed by atoms with Crippen molar-refractivity contribution in [1.29, 1.82) is 0 Å². The van der Waals surface area contributed by atoms with Crippen LogP contribution in [0.5, 0.6) is 5.75 Å². The number of aromatic nitrogens is 3. The summed E-state index contributed by atoms with van der Waals surface area (Å²) in [6, 6.07) is 3.63. The van der Waals surface area contributed by atoms with Crippen molar-refractivity contribution in [3.8, 4) is 5.75 Å². The molecule has 3 heterocycles. The topological polar surface area (TPSA) is 73.6 Å². The van der Waals surface area contributed by atoms with Gasteiger partial charge in [0.05, 0.1) is 18.1 Å². The summed E-state index contributed by atoms with van der Waals surface area (Å²) in [6.07, 6.45) is 4.59. The average molecular weight is 295 g/mol. The highest BCUT2D eigenvalue weighted by Gasteiger charge is 2.30. The number of hydrogen-bond acceptors (Lipinski definition) is 5. The number of ether oxygens (including phenoxy) is 1. The third-order valence-corrected chi connectivity index (χ3v) is 5.99. The van der Waals surface area contributed by atoms with Crippen LogP contribution in [0.15, 0.2) is 18.3 Å². The minimum absolute atomic E-state index is 0.286. The van der Waals surface area contributed by atoms with E-state index in [0.29, 0.717) is 30.1 Å². The maximum atomic E-state index is 12.0. The first-order valence-corrected chi connectivity index (χ1v) is 8.41. The van der Waals surface area contributed by atoms with Gasteiger partial charge in [-0.1, -0.05) is 6.42 Å². The van der Waals surface area contributed by atoms with Crippen molar-refractivity contribution in [2.45, 2.75) is 30.9 Å². The summed E-state index contributed by atoms with van der Waals surface area (Å²) < 4.78 is 30.9. The van der Waals surface area contributed by atoms with Gasteiger partial charge >= 0.3 is 0 Å². The average Bonchev–Trinajstić information content (AvgIpc) is 2.83. The van der Waals surface area contributed by atoms with Gasteiger partial charge in [0.15, 0.2) is 27.1 Å². The third kappa shape index (κ3) is 2.37. The molecule has 1 aliphatic rings. The van der Waals surface area contributed by atoms with Crippen LogP contribution >= 0.6 is 0 Å². The molecule has 0 radical (unpaired) electrons. The Morgan fingerprint density at radius 1 is 1.45 bits per heavy atom. The van der Waals surface area contributed by atoms with E-state index in [1.165, 1.54) is 0 Å². The van der Waals surface area contributed by atoms with Crippen LogP contribution in [0.25, 0.3) is 5.65 Å². The Morgan fingerprint density at radius 3 is 3.05 bits per heavy atom. The summed E-state index contributed by atoms with van der Waals surface area (Å²) in [6.45, 7) is 0. The highest BCUT2D eigenvalue weighted by atomic mass is 32.2. The van der Waals surface area contributed by atoms with Crippen molar-refractivity contribution in [2.24, 2.45) is 0 Å². The van der Waals surface area contributed by atoms with Crippen molar-refractivity contribution < 1.29 is 13.2 Å². The molecule has 2 aromatic heterocycles. The molecule has 0 N–H and O–H groups in total. The van der Waals surface area contributed by atoms with Gasteiger partial charge in [0.2, 0.25) is 0 Å². The monoisotopic (exact) mass is 295 g/mol. The fraction of sp³-hybridized carbons (Fsp3) is 0.538. The molecular formula is C13H17N3O3S. The van der Waals surface area contributed by atoms with Crippen LogP contribution in [0.2, 0.25) is 0 Å². The van der Waals surface area contributed by atoms with Crippen LogP contribution in [-0.2, 0) is 16.3 Å². The molecule has 108 valence electrons. The van der Waals surface area contributed by atoms with E-state index in [4.69, 9.17) is 4.74 Å². The van der Waals surface area contributed by atoms with Crippen molar-refractivity contribution >= 4 is 15.5 Å². The second-order valence-corrected chi connectivity index (χ2v) is 7.46. The van der Waals surface area contributed by atoms with E-state index in [1.807, 2.05) is 12.1 Å². The molecule has 1 atom stereocenters. The maximum Gasteiger partial charge on any atom is 0.198 e. The summed E-state index contributed by atoms with van der Waals surface area (Å²) in [4.78, 5) is 4.41. The SMILES string of the molecule is COc1cccn2nc(CC3CCCCS3(=O)=O)nc12. The Morgan fingerprint density at radius 2 is 2.30 bits per heavy atom. The first-order valence-electron chi connectivity index (χ1n) is 6.70. The summed E-state index contributed by atoms with van der Waals surface area (Å²) in [5.74, 6) is 1.48. The Kier molecular flexibility index (Phi) is 3.37. The minimum atomic E-state index is -3.00. The van der Waals surface area contributed by atoms with Gasteiger partial charge in [-0.2, -0.15) is 5.10 Å². The molecule has 0 bridgehead atoms. The van der Waals surface area contributed by atoms with Gasteiger partial charge in [0, 0.05) is 12.6 Å². The molecule has 0 saturated carbocycles. The van der Waals surface area contributed by atoms with E-state index in [0.717, 1.165) is 12.8 Å². The summed E-state index contributed by atoms with van der Waals surface area (Å²) in [5, 5.41) is 3.99. The molecule has 7 heteroatoms. The molecular weight excluding hydrogens is 278 g/mol. The number of methoxy groups -OCH3 is 1. The Bertz CT molecular complexity index is 724. The van der Waals surface area contributed by atoms with Gasteiger partial charge in [-0.15, -0.1) is 0 Å². The molecule has 0 aliphatic carbocycles. The van der Waals surface area contributed by atoms with Crippen molar-refractivity contribution in [1.82, 2.24) is 14.6 Å². The lowest BCUT2D eigenvalue weighted by Gasteiger charge is -2.20. The van der Waals surface area contributed by atoms with Crippen LogP contribution in [0.3, 0.4) is 0 Å². The van der Waals surface area contributed by atoms with E-state index < -0.39 is 9.84 Å². The number of fused-ring (bicyclic) bond motifs is 1. The van der Waals surface area contributed by atoms with Gasteiger partial charge in [-0.25, -0.2) is 17.9 Å². The molecule has 1 aliphatic heterocycles. The number of hydrogen-bond donors (Lipinski definition) is 0. The highest BCUT2D eigenvalue weighted by Crippen LogP contribution is 2.23. The highest BCUT2D eigenvalue weighted by molar-refractivity contribution is 7.92. The van der Waals surface area contributed by atoms with E-state index in [1.54, 1.807) is 17.8 Å². The Balaban J connectivity index is 1.91. The van der Waals surface area contributed by atoms with E-state index in [2.05, 4.69) is 10.1 Å². The zero-order valence-electron chi connectivity index (χ0n) is 11.3. The quantitative estimate of drug-likeness (QED) is 0.852. The number of sulfone groups is 1. The molecule has 20 heavy (non-hydrogen) atoms. The zero-order chi connectivity index (χ0) is 14.2. The number of pyridine rings is 1. The van der Waals surface area contributed by atoms with E-state index in [-0.39, 0.29) is 11.0 Å². The summed E-state index contributed by atoms with van der Waals surface area (Å²) >= 11 is 0. The Labute approximate surface area is 117 Å². The molecule has 0 spiro atoms. The summed E-state index contributed by atoms with van der Waals surface area (Å²) in [7, 11) is -1.42. The Hall–Kier alpha value is -1.63. The number of rotatable bonds is 3. The summed E-state index contributed by atoms with van der Waals surface area (Å²) in [5.41, 5.74) is 0.623. The smallest absolute Gasteiger partial charge is 0.198 e. The van der Waals surface area contributed by atoms with Crippen molar-refractivity contribution in [3.05, 3.63) is 24.2 Å². The fourth-order valence-corrected chi connectivity index (χ4v) is 4.49. The van der Waals surface area contributed by atoms with E-state index >= 15 is 0 Å². The van der Waals surface area contributed by atoms with Crippen LogP contribution < -0.4 is 4.74 Å². The molecule has 1 saturated heterocycles. The van der Waals surface area contributed by atoms with Gasteiger partial charge in [0.25, 0.3) is 0 Å². The van der Waals surface area contributed by atoms with Gasteiger partial charge in [-0.05, 0) is 25.0 Å². The second-order valence-electron chi connectivity index (χ2n) is 5.06. The maximum absolute atomic E-state index is 12.0. The first kappa shape index (κ1) is 13.4. The molecule has 0 aromatic carbocycles. The van der Waals surface area contributed by atoms with Crippen molar-refractivity contribution in [3.63, 3.8) is 0 Å². The third-order valence-electron chi connectivity index (χ3n) is 3.71. The molecule has 1 fully saturated rings. The van der Waals surface area contributed by atoms with Crippen LogP contribution in [0.4, 0.5) is 0 Å². The molecule has 3 rings (SSSR count). The molecule has 6 nitrogen and oxygen atoms in total. The minimum Gasteiger partial charge on any atom is -0.493 e. The van der Waals surface area contributed by atoms with Gasteiger partial charge < -0.3 is 4.74 Å². The lowest BCUT2D eigenvalue weighted by atomic mass is 10.1. The molecule has 0 amide bonds. The predicted octanol–water partition coefficient (Wildman–Crippen LogP) is 1.25.